The molecule has 4 aromatic carbocycles. The molecule has 0 fully saturated rings. The fraction of sp³-hybridized carbons (Fsp3) is 0.326. The molecule has 1 N–H and O–H groups in total. The van der Waals surface area contributed by atoms with Gasteiger partial charge in [-0.25, -0.2) is 14.4 Å². The van der Waals surface area contributed by atoms with Gasteiger partial charge in [0.05, 0.1) is 30.9 Å². The third-order valence-electron chi connectivity index (χ3n) is 8.18. The lowest BCUT2D eigenvalue weighted by molar-refractivity contribution is -0.137. The molecule has 0 amide bonds. The average Bonchev–Trinajstić information content (AvgIpc) is 3.18. The van der Waals surface area contributed by atoms with E-state index in [0.717, 1.165) is 81.4 Å². The van der Waals surface area contributed by atoms with E-state index in [9.17, 15) is 14.4 Å². The topological polar surface area (TPSA) is 118 Å². The third kappa shape index (κ3) is 14.1. The molecule has 0 bridgehead atoms. The molecule has 0 atom stereocenters. The molecule has 9 heteroatoms. The molecule has 274 valence electrons. The second-order valence-electron chi connectivity index (χ2n) is 12.2. The normalized spacial score (nSPS) is 10.6. The summed E-state index contributed by atoms with van der Waals surface area (Å²) in [6.45, 7) is 5.20. The Bertz CT molecular complexity index is 1660. The summed E-state index contributed by atoms with van der Waals surface area (Å²) >= 11 is 0. The maximum atomic E-state index is 12.7. The highest BCUT2D eigenvalue weighted by Crippen LogP contribution is 2.26. The molecule has 4 rings (SSSR count). The Morgan fingerprint density at radius 2 is 0.846 bits per heavy atom. The van der Waals surface area contributed by atoms with Gasteiger partial charge in [-0.3, -0.25) is 0 Å². The molecule has 0 aliphatic heterocycles. The van der Waals surface area contributed by atoms with Gasteiger partial charge in [-0.15, -0.1) is 0 Å². The number of carbonyl (C=O) groups is 3. The molecule has 9 nitrogen and oxygen atoms in total. The van der Waals surface area contributed by atoms with Crippen molar-refractivity contribution in [2.24, 2.45) is 0 Å². The summed E-state index contributed by atoms with van der Waals surface area (Å²) in [7, 11) is 0. The first-order valence-corrected chi connectivity index (χ1v) is 18.0. The van der Waals surface area contributed by atoms with Crippen LogP contribution >= 0.6 is 0 Å². The predicted molar refractivity (Wildman–Crippen MR) is 200 cm³/mol. The van der Waals surface area contributed by atoms with Crippen LogP contribution in [-0.4, -0.2) is 49.4 Å². The van der Waals surface area contributed by atoms with Crippen LogP contribution in [0.2, 0.25) is 0 Å². The van der Waals surface area contributed by atoms with Crippen molar-refractivity contribution in [1.82, 2.24) is 0 Å². The highest BCUT2D eigenvalue weighted by atomic mass is 16.5. The number of aliphatic hydroxyl groups excluding tert-OH is 1. The molecule has 52 heavy (non-hydrogen) atoms. The molecule has 0 heterocycles. The van der Waals surface area contributed by atoms with Gasteiger partial charge < -0.3 is 28.8 Å². The Balaban J connectivity index is 1.15. The van der Waals surface area contributed by atoms with Crippen LogP contribution in [0, 0.1) is 0 Å². The standard InChI is InChI=1S/C43H48O9/c1-2-41(45)50-32-12-8-7-11-31-49-38-23-19-36(20-24-38)43(47)52-40-27-15-34(16-28-40)33-13-25-39(26-14-33)51-42(46)35-17-21-37(22-18-35)48-30-10-6-4-3-5-9-29-44/h2,13-28,44H,1,3-12,29-32H2. The number of aliphatic hydroxyl groups is 1. The van der Waals surface area contributed by atoms with Crippen molar-refractivity contribution in [3.8, 4) is 34.1 Å². The van der Waals surface area contributed by atoms with Crippen LogP contribution in [0.15, 0.2) is 110 Å². The zero-order chi connectivity index (χ0) is 36.8. The molecular weight excluding hydrogens is 660 g/mol. The van der Waals surface area contributed by atoms with Crippen LogP contribution in [-0.2, 0) is 9.53 Å². The lowest BCUT2D eigenvalue weighted by atomic mass is 10.1. The van der Waals surface area contributed by atoms with E-state index in [-0.39, 0.29) is 6.61 Å². The van der Waals surface area contributed by atoms with E-state index in [1.807, 2.05) is 24.3 Å². The van der Waals surface area contributed by atoms with Crippen molar-refractivity contribution >= 4 is 17.9 Å². The minimum atomic E-state index is -0.470. The van der Waals surface area contributed by atoms with Gasteiger partial charge in [-0.2, -0.15) is 0 Å². The largest absolute Gasteiger partial charge is 0.494 e. The van der Waals surface area contributed by atoms with E-state index in [1.165, 1.54) is 0 Å². The van der Waals surface area contributed by atoms with Gasteiger partial charge in [-0.1, -0.05) is 56.5 Å². The van der Waals surface area contributed by atoms with Crippen LogP contribution in [0.1, 0.15) is 84.9 Å². The number of benzene rings is 4. The summed E-state index contributed by atoms with van der Waals surface area (Å²) in [5.74, 6) is 0.904. The summed E-state index contributed by atoms with van der Waals surface area (Å²) in [5, 5.41) is 8.83. The molecule has 0 radical (unpaired) electrons. The van der Waals surface area contributed by atoms with Crippen LogP contribution in [0.25, 0.3) is 11.1 Å². The van der Waals surface area contributed by atoms with E-state index in [0.29, 0.717) is 53.9 Å². The van der Waals surface area contributed by atoms with Crippen molar-refractivity contribution in [3.63, 3.8) is 0 Å². The molecule has 0 unspecified atom stereocenters. The average molecular weight is 709 g/mol. The number of unbranched alkanes of at least 4 members (excludes halogenated alkanes) is 8. The van der Waals surface area contributed by atoms with Crippen molar-refractivity contribution in [2.45, 2.75) is 64.2 Å². The van der Waals surface area contributed by atoms with E-state index < -0.39 is 17.9 Å². The molecule has 4 aromatic rings. The number of esters is 3. The van der Waals surface area contributed by atoms with Crippen molar-refractivity contribution in [1.29, 1.82) is 0 Å². The maximum Gasteiger partial charge on any atom is 0.343 e. The van der Waals surface area contributed by atoms with E-state index in [1.54, 1.807) is 72.8 Å². The molecule has 0 aromatic heterocycles. The van der Waals surface area contributed by atoms with Gasteiger partial charge in [0.2, 0.25) is 0 Å². The Kier molecular flexibility index (Phi) is 17.0. The SMILES string of the molecule is C=CC(=O)OCCCCCCOc1ccc(C(=O)Oc2ccc(-c3ccc(OC(=O)c4ccc(OCCCCCCCCO)cc4)cc3)cc2)cc1. The van der Waals surface area contributed by atoms with Gasteiger partial charge in [0.15, 0.2) is 0 Å². The third-order valence-corrected chi connectivity index (χ3v) is 8.18. The summed E-state index contributed by atoms with van der Waals surface area (Å²) in [6.07, 6.45) is 11.0. The van der Waals surface area contributed by atoms with E-state index in [4.69, 9.17) is 28.8 Å². The van der Waals surface area contributed by atoms with Crippen LogP contribution in [0.5, 0.6) is 23.0 Å². The number of hydrogen-bond donors (Lipinski definition) is 1. The lowest BCUT2D eigenvalue weighted by Gasteiger charge is -2.09. The van der Waals surface area contributed by atoms with Gasteiger partial charge in [0, 0.05) is 12.7 Å². The lowest BCUT2D eigenvalue weighted by Crippen LogP contribution is -2.08. The summed E-state index contributed by atoms with van der Waals surface area (Å²) in [5.41, 5.74) is 2.66. The summed E-state index contributed by atoms with van der Waals surface area (Å²) in [6, 6.07) is 28.2. The number of rotatable bonds is 23. The minimum Gasteiger partial charge on any atom is -0.494 e. The van der Waals surface area contributed by atoms with Crippen LogP contribution in [0.4, 0.5) is 0 Å². The molecule has 0 saturated carbocycles. The number of carbonyl (C=O) groups excluding carboxylic acids is 3. The van der Waals surface area contributed by atoms with Gasteiger partial charge >= 0.3 is 17.9 Å². The molecular formula is C43H48O9. The maximum absolute atomic E-state index is 12.7. The van der Waals surface area contributed by atoms with Crippen LogP contribution in [0.3, 0.4) is 0 Å². The summed E-state index contributed by atoms with van der Waals surface area (Å²) < 4.78 is 27.7. The predicted octanol–water partition coefficient (Wildman–Crippen LogP) is 9.17. The fourth-order valence-electron chi connectivity index (χ4n) is 5.23. The highest BCUT2D eigenvalue weighted by molar-refractivity contribution is 5.92. The molecule has 0 aliphatic rings. The van der Waals surface area contributed by atoms with Gasteiger partial charge in [0.25, 0.3) is 0 Å². The van der Waals surface area contributed by atoms with Gasteiger partial charge in [0.1, 0.15) is 23.0 Å². The van der Waals surface area contributed by atoms with E-state index >= 15 is 0 Å². The smallest absolute Gasteiger partial charge is 0.343 e. The Hall–Kier alpha value is -5.41. The number of ether oxygens (including phenoxy) is 5. The minimum absolute atomic E-state index is 0.262. The fourth-order valence-corrected chi connectivity index (χ4v) is 5.23. The van der Waals surface area contributed by atoms with Crippen molar-refractivity contribution in [2.75, 3.05) is 26.4 Å². The van der Waals surface area contributed by atoms with Gasteiger partial charge in [-0.05, 0) is 122 Å². The highest BCUT2D eigenvalue weighted by Gasteiger charge is 2.11. The summed E-state index contributed by atoms with van der Waals surface area (Å²) in [4.78, 5) is 36.4. The van der Waals surface area contributed by atoms with Crippen LogP contribution < -0.4 is 18.9 Å². The first-order chi connectivity index (χ1) is 25.4. The zero-order valence-electron chi connectivity index (χ0n) is 29.6. The van der Waals surface area contributed by atoms with E-state index in [2.05, 4.69) is 6.58 Å². The Labute approximate surface area is 306 Å². The first-order valence-electron chi connectivity index (χ1n) is 18.0. The Morgan fingerprint density at radius 1 is 0.481 bits per heavy atom. The van der Waals surface area contributed by atoms with Crippen molar-refractivity contribution in [3.05, 3.63) is 121 Å². The molecule has 0 aliphatic carbocycles. The zero-order valence-corrected chi connectivity index (χ0v) is 29.6. The number of hydrogen-bond acceptors (Lipinski definition) is 9. The van der Waals surface area contributed by atoms with Crippen molar-refractivity contribution < 1.29 is 43.2 Å². The molecule has 0 spiro atoms. The molecule has 0 saturated heterocycles. The monoisotopic (exact) mass is 708 g/mol. The first kappa shape index (κ1) is 39.4. The second kappa shape index (κ2) is 22.4. The second-order valence-corrected chi connectivity index (χ2v) is 12.2. The Morgan fingerprint density at radius 3 is 1.25 bits per heavy atom. The quantitative estimate of drug-likeness (QED) is 0.0348.